The number of carbonyl (C=O) groups excluding carboxylic acids is 1. The van der Waals surface area contributed by atoms with Crippen LogP contribution in [0.25, 0.3) is 0 Å². The number of aromatic nitrogens is 2. The molecule has 27 heavy (non-hydrogen) atoms. The minimum Gasteiger partial charge on any atom is -0.368 e. The number of nitrogens with zero attached hydrogens (tertiary/aromatic N) is 3. The van der Waals surface area contributed by atoms with E-state index in [1.54, 1.807) is 24.3 Å². The molecule has 0 unspecified atom stereocenters. The number of carbonyl (C=O) groups is 1. The maximum absolute atomic E-state index is 12.2. The number of halogens is 1. The third-order valence-corrected chi connectivity index (χ3v) is 4.04. The van der Waals surface area contributed by atoms with Gasteiger partial charge in [-0.1, -0.05) is 23.7 Å². The van der Waals surface area contributed by atoms with Crippen LogP contribution >= 0.6 is 11.6 Å². The first kappa shape index (κ1) is 18.4. The number of amides is 1. The van der Waals surface area contributed by atoms with Gasteiger partial charge in [0, 0.05) is 17.3 Å². The van der Waals surface area contributed by atoms with Crippen LogP contribution in [0, 0.1) is 11.3 Å². The lowest BCUT2D eigenvalue weighted by Crippen LogP contribution is -2.15. The molecule has 3 aromatic rings. The van der Waals surface area contributed by atoms with E-state index < -0.39 is 0 Å². The molecule has 2 N–H and O–H groups in total. The molecule has 0 aliphatic rings. The molecule has 0 fully saturated rings. The molecule has 1 amide bonds. The molecule has 3 rings (SSSR count). The second-order valence-corrected chi connectivity index (χ2v) is 6.17. The fourth-order valence-electron chi connectivity index (χ4n) is 2.35. The molecule has 0 spiro atoms. The molecule has 0 atom stereocenters. The number of anilines is 2. The Morgan fingerprint density at radius 1 is 1.04 bits per heavy atom. The summed E-state index contributed by atoms with van der Waals surface area (Å²) < 4.78 is 0. The van der Waals surface area contributed by atoms with Crippen LogP contribution in [0.15, 0.2) is 60.9 Å². The molecule has 0 bridgehead atoms. The minimum absolute atomic E-state index is 0.211. The van der Waals surface area contributed by atoms with Crippen molar-refractivity contribution in [3.05, 3.63) is 82.8 Å². The lowest BCUT2D eigenvalue weighted by atomic mass is 10.1. The largest absolute Gasteiger partial charge is 0.368 e. The van der Waals surface area contributed by atoms with Crippen molar-refractivity contribution >= 4 is 29.0 Å². The molecule has 0 saturated carbocycles. The Hall–Kier alpha value is -3.43. The first-order valence-electron chi connectivity index (χ1n) is 8.26. The highest BCUT2D eigenvalue weighted by atomic mass is 35.5. The zero-order chi connectivity index (χ0) is 19.1. The maximum atomic E-state index is 12.2. The molecule has 2 aromatic carbocycles. The molecule has 6 nitrogen and oxygen atoms in total. The Morgan fingerprint density at radius 2 is 1.78 bits per heavy atom. The van der Waals surface area contributed by atoms with E-state index in [1.165, 1.54) is 18.0 Å². The third-order valence-electron chi connectivity index (χ3n) is 3.79. The second kappa shape index (κ2) is 8.79. The van der Waals surface area contributed by atoms with Crippen LogP contribution in [0.4, 0.5) is 11.5 Å². The van der Waals surface area contributed by atoms with Gasteiger partial charge in [0.2, 0.25) is 0 Å². The van der Waals surface area contributed by atoms with Gasteiger partial charge < -0.3 is 10.6 Å². The summed E-state index contributed by atoms with van der Waals surface area (Å²) >= 11 is 5.87. The van der Waals surface area contributed by atoms with Gasteiger partial charge in [-0.2, -0.15) is 5.26 Å². The molecule has 0 radical (unpaired) electrons. The van der Waals surface area contributed by atoms with E-state index >= 15 is 0 Å². The quantitative estimate of drug-likeness (QED) is 0.679. The summed E-state index contributed by atoms with van der Waals surface area (Å²) in [5.74, 6) is 0.235. The van der Waals surface area contributed by atoms with Gasteiger partial charge in [-0.15, -0.1) is 0 Å². The molecular formula is C20H16ClN5O. The second-order valence-electron chi connectivity index (χ2n) is 5.73. The molecular weight excluding hydrogens is 362 g/mol. The highest BCUT2D eigenvalue weighted by molar-refractivity contribution is 6.30. The van der Waals surface area contributed by atoms with Gasteiger partial charge in [0.1, 0.15) is 11.5 Å². The van der Waals surface area contributed by atoms with Crippen LogP contribution in [0.1, 0.15) is 21.6 Å². The van der Waals surface area contributed by atoms with Crippen molar-refractivity contribution in [3.63, 3.8) is 0 Å². The normalized spacial score (nSPS) is 10.1. The van der Waals surface area contributed by atoms with Crippen LogP contribution in [0.3, 0.4) is 0 Å². The number of hydrogen-bond donors (Lipinski definition) is 2. The van der Waals surface area contributed by atoms with Crippen molar-refractivity contribution < 1.29 is 4.79 Å². The van der Waals surface area contributed by atoms with E-state index in [2.05, 4.69) is 20.6 Å². The molecule has 1 aromatic heterocycles. The average Bonchev–Trinajstić information content (AvgIpc) is 2.70. The van der Waals surface area contributed by atoms with Crippen molar-refractivity contribution in [2.75, 3.05) is 17.2 Å². The monoisotopic (exact) mass is 377 g/mol. The summed E-state index contributed by atoms with van der Waals surface area (Å²) in [7, 11) is 0. The van der Waals surface area contributed by atoms with Gasteiger partial charge in [-0.3, -0.25) is 4.79 Å². The molecule has 0 aliphatic heterocycles. The summed E-state index contributed by atoms with van der Waals surface area (Å²) in [6, 6.07) is 16.3. The average molecular weight is 378 g/mol. The maximum Gasteiger partial charge on any atom is 0.275 e. The fourth-order valence-corrected chi connectivity index (χ4v) is 2.47. The summed E-state index contributed by atoms with van der Waals surface area (Å²) in [4.78, 5) is 20.6. The van der Waals surface area contributed by atoms with Gasteiger partial charge >= 0.3 is 0 Å². The van der Waals surface area contributed by atoms with Crippen molar-refractivity contribution in [1.29, 1.82) is 5.26 Å². The van der Waals surface area contributed by atoms with E-state index in [9.17, 15) is 4.79 Å². The van der Waals surface area contributed by atoms with Crippen LogP contribution in [-0.2, 0) is 6.42 Å². The van der Waals surface area contributed by atoms with E-state index in [-0.39, 0.29) is 11.6 Å². The van der Waals surface area contributed by atoms with Crippen molar-refractivity contribution in [3.8, 4) is 6.07 Å². The smallest absolute Gasteiger partial charge is 0.275 e. The van der Waals surface area contributed by atoms with E-state index in [4.69, 9.17) is 16.9 Å². The van der Waals surface area contributed by atoms with Crippen molar-refractivity contribution in [2.45, 2.75) is 6.42 Å². The molecule has 1 heterocycles. The number of benzene rings is 2. The minimum atomic E-state index is -0.361. The van der Waals surface area contributed by atoms with Crippen molar-refractivity contribution in [1.82, 2.24) is 9.97 Å². The number of hydrogen-bond acceptors (Lipinski definition) is 5. The van der Waals surface area contributed by atoms with Crippen LogP contribution < -0.4 is 10.6 Å². The van der Waals surface area contributed by atoms with Crippen LogP contribution in [-0.4, -0.2) is 22.4 Å². The third kappa shape index (κ3) is 5.27. The lowest BCUT2D eigenvalue weighted by Gasteiger charge is -2.07. The Balaban J connectivity index is 1.52. The van der Waals surface area contributed by atoms with Gasteiger partial charge in [0.15, 0.2) is 0 Å². The van der Waals surface area contributed by atoms with E-state index in [1.807, 2.05) is 30.3 Å². The predicted octanol–water partition coefficient (Wildman–Crippen LogP) is 3.91. The highest BCUT2D eigenvalue weighted by Crippen LogP contribution is 2.12. The van der Waals surface area contributed by atoms with Crippen molar-refractivity contribution in [2.24, 2.45) is 0 Å². The number of nitrogens with one attached hydrogen (secondary N) is 2. The van der Waals surface area contributed by atoms with Crippen LogP contribution in [0.2, 0.25) is 5.02 Å². The zero-order valence-corrected chi connectivity index (χ0v) is 15.1. The summed E-state index contributed by atoms with van der Waals surface area (Å²) in [5.41, 5.74) is 2.49. The number of nitriles is 1. The SMILES string of the molecule is N#Cc1ccc(NC(=O)c2cnc(NCCc3ccc(Cl)cc3)cn2)cc1. The molecule has 134 valence electrons. The predicted molar refractivity (Wildman–Crippen MR) is 105 cm³/mol. The standard InChI is InChI=1S/C20H16ClN5O/c21-16-5-1-14(2-6-16)9-10-23-19-13-24-18(12-25-19)20(27)26-17-7-3-15(11-22)4-8-17/h1-8,12-13H,9-10H2,(H,23,25)(H,26,27). The first-order valence-corrected chi connectivity index (χ1v) is 8.64. The first-order chi connectivity index (χ1) is 13.1. The van der Waals surface area contributed by atoms with E-state index in [0.29, 0.717) is 28.6 Å². The van der Waals surface area contributed by atoms with Gasteiger partial charge in [-0.25, -0.2) is 9.97 Å². The molecule has 0 aliphatic carbocycles. The summed E-state index contributed by atoms with van der Waals surface area (Å²) in [5, 5.41) is 15.4. The highest BCUT2D eigenvalue weighted by Gasteiger charge is 2.08. The topological polar surface area (TPSA) is 90.7 Å². The van der Waals surface area contributed by atoms with Gasteiger partial charge in [-0.05, 0) is 48.4 Å². The molecule has 7 heteroatoms. The van der Waals surface area contributed by atoms with Gasteiger partial charge in [0.05, 0.1) is 24.0 Å². The lowest BCUT2D eigenvalue weighted by molar-refractivity contribution is 0.102. The number of rotatable bonds is 6. The Bertz CT molecular complexity index is 948. The van der Waals surface area contributed by atoms with Gasteiger partial charge in [0.25, 0.3) is 5.91 Å². The zero-order valence-electron chi connectivity index (χ0n) is 14.3. The molecule has 0 saturated heterocycles. The summed E-state index contributed by atoms with van der Waals surface area (Å²) in [6.07, 6.45) is 3.76. The fraction of sp³-hybridized carbons (Fsp3) is 0.100. The Morgan fingerprint density at radius 3 is 2.41 bits per heavy atom. The van der Waals surface area contributed by atoms with E-state index in [0.717, 1.165) is 6.42 Å². The Kier molecular flexibility index (Phi) is 5.98. The van der Waals surface area contributed by atoms with Crippen LogP contribution in [0.5, 0.6) is 0 Å². The Labute approximate surface area is 161 Å². The summed E-state index contributed by atoms with van der Waals surface area (Å²) in [6.45, 7) is 0.688.